The Balaban J connectivity index is 1.29. The molecule has 9 heteroatoms. The number of hydrogen-bond donors (Lipinski definition) is 2. The minimum atomic E-state index is -0.853. The van der Waals surface area contributed by atoms with E-state index in [1.165, 1.54) is 12.1 Å². The van der Waals surface area contributed by atoms with Gasteiger partial charge in [-0.05, 0) is 36.2 Å². The number of amides is 2. The molecule has 0 bridgehead atoms. The van der Waals surface area contributed by atoms with Crippen molar-refractivity contribution in [3.05, 3.63) is 63.9 Å². The lowest BCUT2D eigenvalue weighted by molar-refractivity contribution is -0.136. The van der Waals surface area contributed by atoms with Crippen LogP contribution in [-0.2, 0) is 9.59 Å². The predicted molar refractivity (Wildman–Crippen MR) is 116 cm³/mol. The van der Waals surface area contributed by atoms with Crippen molar-refractivity contribution in [1.82, 2.24) is 10.2 Å². The Hall–Kier alpha value is -2.35. The highest BCUT2D eigenvalue weighted by molar-refractivity contribution is 6.30. The van der Waals surface area contributed by atoms with Crippen LogP contribution in [0.1, 0.15) is 24.3 Å². The summed E-state index contributed by atoms with van der Waals surface area (Å²) in [6.45, 7) is 0.969. The first kappa shape index (κ1) is 23.3. The van der Waals surface area contributed by atoms with Crippen molar-refractivity contribution >= 4 is 35.0 Å². The van der Waals surface area contributed by atoms with E-state index in [2.05, 4.69) is 5.32 Å². The van der Waals surface area contributed by atoms with Gasteiger partial charge in [0.1, 0.15) is 11.6 Å². The molecule has 31 heavy (non-hydrogen) atoms. The molecule has 1 heterocycles. The summed E-state index contributed by atoms with van der Waals surface area (Å²) in [6.07, 6.45) is -0.413. The zero-order chi connectivity index (χ0) is 22.4. The third-order valence-electron chi connectivity index (χ3n) is 5.06. The van der Waals surface area contributed by atoms with Crippen molar-refractivity contribution in [1.29, 1.82) is 0 Å². The smallest absolute Gasteiger partial charge is 0.258 e. The molecule has 1 atom stereocenters. The van der Waals surface area contributed by atoms with Gasteiger partial charge >= 0.3 is 0 Å². The number of halogens is 3. The summed E-state index contributed by atoms with van der Waals surface area (Å²) < 4.78 is 18.5. The topological polar surface area (TPSA) is 78.9 Å². The molecule has 2 N–H and O–H groups in total. The number of hydrogen-bond acceptors (Lipinski definition) is 4. The van der Waals surface area contributed by atoms with Crippen LogP contribution in [0.15, 0.2) is 42.5 Å². The number of nitrogens with one attached hydrogen (secondary N) is 1. The van der Waals surface area contributed by atoms with Crippen LogP contribution < -0.4 is 10.1 Å². The van der Waals surface area contributed by atoms with Gasteiger partial charge in [0.2, 0.25) is 5.91 Å². The maximum absolute atomic E-state index is 13.3. The molecule has 0 aliphatic carbocycles. The Kier molecular flexibility index (Phi) is 8.12. The highest BCUT2D eigenvalue weighted by Gasteiger charge is 2.31. The lowest BCUT2D eigenvalue weighted by atomic mass is 9.91. The molecule has 1 aliphatic heterocycles. The van der Waals surface area contributed by atoms with Crippen LogP contribution in [-0.4, -0.2) is 54.2 Å². The lowest BCUT2D eigenvalue weighted by Crippen LogP contribution is -2.48. The first-order valence-electron chi connectivity index (χ1n) is 9.87. The van der Waals surface area contributed by atoms with E-state index in [1.54, 1.807) is 4.90 Å². The minimum Gasteiger partial charge on any atom is -0.484 e. The van der Waals surface area contributed by atoms with Crippen molar-refractivity contribution in [3.8, 4) is 5.75 Å². The van der Waals surface area contributed by atoms with Gasteiger partial charge in [-0.2, -0.15) is 0 Å². The van der Waals surface area contributed by atoms with E-state index in [9.17, 15) is 19.1 Å². The van der Waals surface area contributed by atoms with Gasteiger partial charge in [-0.15, -0.1) is 0 Å². The highest BCUT2D eigenvalue weighted by atomic mass is 35.5. The van der Waals surface area contributed by atoms with Gasteiger partial charge in [0.05, 0.1) is 11.1 Å². The summed E-state index contributed by atoms with van der Waals surface area (Å²) in [7, 11) is 0. The number of benzene rings is 2. The molecule has 1 saturated heterocycles. The molecule has 0 aromatic heterocycles. The fourth-order valence-electron chi connectivity index (χ4n) is 3.18. The number of likely N-dealkylation sites (tertiary alicyclic amines) is 1. The van der Waals surface area contributed by atoms with Gasteiger partial charge in [-0.3, -0.25) is 9.59 Å². The van der Waals surface area contributed by atoms with Crippen LogP contribution in [0, 0.1) is 5.82 Å². The predicted octanol–water partition coefficient (Wildman–Crippen LogP) is 3.39. The minimum absolute atomic E-state index is 0.00213. The second-order valence-electron chi connectivity index (χ2n) is 7.41. The summed E-state index contributed by atoms with van der Waals surface area (Å²) >= 11 is 11.5. The summed E-state index contributed by atoms with van der Waals surface area (Å²) in [5.41, 5.74) is 1.15. The van der Waals surface area contributed by atoms with E-state index >= 15 is 0 Å². The SMILES string of the molecule is O=C(COc1ccc(Cl)c(F)c1)NCC(O)CCC(=O)N1CC(c2ccc(Cl)cc2)C1. The molecule has 1 unspecified atom stereocenters. The Bertz CT molecular complexity index is 920. The molecule has 2 aromatic carbocycles. The monoisotopic (exact) mass is 468 g/mol. The van der Waals surface area contributed by atoms with Crippen molar-refractivity contribution in [2.24, 2.45) is 0 Å². The largest absolute Gasteiger partial charge is 0.484 e. The molecule has 166 valence electrons. The molecule has 1 fully saturated rings. The maximum atomic E-state index is 13.3. The van der Waals surface area contributed by atoms with Gasteiger partial charge in [0.15, 0.2) is 6.61 Å². The standard InChI is InChI=1S/C22H23Cl2FN2O4/c23-16-3-1-14(2-4-16)15-11-27(12-15)22(30)8-5-17(28)10-26-21(29)13-31-18-6-7-19(24)20(25)9-18/h1-4,6-7,9,15,17,28H,5,8,10-13H2,(H,26,29). The number of aliphatic hydroxyl groups excluding tert-OH is 1. The van der Waals surface area contributed by atoms with Crippen molar-refractivity contribution in [2.75, 3.05) is 26.2 Å². The van der Waals surface area contributed by atoms with Crippen LogP contribution in [0.5, 0.6) is 5.75 Å². The van der Waals surface area contributed by atoms with Crippen LogP contribution in [0.4, 0.5) is 4.39 Å². The molecule has 2 aromatic rings. The number of carbonyl (C=O) groups is 2. The van der Waals surface area contributed by atoms with Crippen molar-refractivity contribution < 1.29 is 23.8 Å². The molecule has 0 saturated carbocycles. The fourth-order valence-corrected chi connectivity index (χ4v) is 3.42. The van der Waals surface area contributed by atoms with Crippen molar-refractivity contribution in [2.45, 2.75) is 24.9 Å². The second-order valence-corrected chi connectivity index (χ2v) is 8.25. The van der Waals surface area contributed by atoms with Gasteiger partial charge < -0.3 is 20.1 Å². The zero-order valence-electron chi connectivity index (χ0n) is 16.7. The molecule has 6 nitrogen and oxygen atoms in total. The van der Waals surface area contributed by atoms with Crippen LogP contribution in [0.25, 0.3) is 0 Å². The molecule has 2 amide bonds. The first-order valence-corrected chi connectivity index (χ1v) is 10.6. The van der Waals surface area contributed by atoms with Crippen LogP contribution >= 0.6 is 23.2 Å². The molecular weight excluding hydrogens is 446 g/mol. The quantitative estimate of drug-likeness (QED) is 0.590. The fraction of sp³-hybridized carbons (Fsp3) is 0.364. The molecule has 0 radical (unpaired) electrons. The summed E-state index contributed by atoms with van der Waals surface area (Å²) in [5, 5.41) is 13.2. The lowest BCUT2D eigenvalue weighted by Gasteiger charge is -2.39. The highest BCUT2D eigenvalue weighted by Crippen LogP contribution is 2.28. The second kappa shape index (κ2) is 10.8. The Morgan fingerprint density at radius 3 is 2.58 bits per heavy atom. The number of rotatable bonds is 9. The first-order chi connectivity index (χ1) is 14.8. The molecule has 0 spiro atoms. The third-order valence-corrected chi connectivity index (χ3v) is 5.62. The van der Waals surface area contributed by atoms with Crippen molar-refractivity contribution in [3.63, 3.8) is 0 Å². The summed E-state index contributed by atoms with van der Waals surface area (Å²) in [6, 6.07) is 11.5. The average Bonchev–Trinajstić information content (AvgIpc) is 2.72. The number of nitrogens with zero attached hydrogens (tertiary/aromatic N) is 1. The summed E-state index contributed by atoms with van der Waals surface area (Å²) in [5.74, 6) is -0.645. The van der Waals surface area contributed by atoms with E-state index in [-0.39, 0.29) is 42.7 Å². The number of aliphatic hydroxyl groups is 1. The number of carbonyl (C=O) groups excluding carboxylic acids is 2. The molecule has 1 aliphatic rings. The zero-order valence-corrected chi connectivity index (χ0v) is 18.2. The van der Waals surface area contributed by atoms with Gasteiger partial charge in [0, 0.05) is 43.1 Å². The molecule has 3 rings (SSSR count). The number of ether oxygens (including phenoxy) is 1. The average molecular weight is 469 g/mol. The van der Waals surface area contributed by atoms with E-state index in [1.807, 2.05) is 24.3 Å². The normalized spacial score (nSPS) is 14.6. The van der Waals surface area contributed by atoms with Gasteiger partial charge in [-0.1, -0.05) is 35.3 Å². The molecular formula is C22H23Cl2FN2O4. The van der Waals surface area contributed by atoms with Gasteiger partial charge in [-0.25, -0.2) is 4.39 Å². The Morgan fingerprint density at radius 2 is 1.90 bits per heavy atom. The third kappa shape index (κ3) is 6.82. The Labute approximate surface area is 189 Å². The maximum Gasteiger partial charge on any atom is 0.258 e. The Morgan fingerprint density at radius 1 is 1.19 bits per heavy atom. The van der Waals surface area contributed by atoms with Crippen LogP contribution in [0.3, 0.4) is 0 Å². The van der Waals surface area contributed by atoms with E-state index in [4.69, 9.17) is 27.9 Å². The van der Waals surface area contributed by atoms with E-state index in [0.717, 1.165) is 11.6 Å². The van der Waals surface area contributed by atoms with E-state index < -0.39 is 17.8 Å². The van der Waals surface area contributed by atoms with Gasteiger partial charge in [0.25, 0.3) is 5.91 Å². The van der Waals surface area contributed by atoms with Crippen LogP contribution in [0.2, 0.25) is 10.0 Å². The van der Waals surface area contributed by atoms with E-state index in [0.29, 0.717) is 24.0 Å². The summed E-state index contributed by atoms with van der Waals surface area (Å²) in [4.78, 5) is 25.8.